The number of phenols is 1. The van der Waals surface area contributed by atoms with Crippen LogP contribution < -0.4 is 0 Å². The van der Waals surface area contributed by atoms with Crippen LogP contribution in [0, 0.1) is 0 Å². The van der Waals surface area contributed by atoms with Crippen LogP contribution in [0.3, 0.4) is 0 Å². The normalized spacial score (nSPS) is 17.2. The van der Waals surface area contributed by atoms with Gasteiger partial charge in [0, 0.05) is 13.1 Å². The lowest BCUT2D eigenvalue weighted by Crippen LogP contribution is -2.24. The second kappa shape index (κ2) is 4.82. The summed E-state index contributed by atoms with van der Waals surface area (Å²) in [6, 6.07) is 7.14. The summed E-state index contributed by atoms with van der Waals surface area (Å²) in [6.07, 6.45) is 5.60. The van der Waals surface area contributed by atoms with Gasteiger partial charge in [0.2, 0.25) is 0 Å². The molecule has 0 saturated carbocycles. The smallest absolute Gasteiger partial charge is 0.116 e. The molecule has 0 atom stereocenters. The van der Waals surface area contributed by atoms with Crippen LogP contribution in [-0.2, 0) is 0 Å². The van der Waals surface area contributed by atoms with Gasteiger partial charge in [0.15, 0.2) is 0 Å². The third-order valence-electron chi connectivity index (χ3n) is 2.57. The first-order chi connectivity index (χ1) is 7.34. The van der Waals surface area contributed by atoms with Crippen molar-refractivity contribution in [3.63, 3.8) is 0 Å². The molecule has 0 spiro atoms. The third kappa shape index (κ3) is 2.98. The first-order valence-corrected chi connectivity index (χ1v) is 5.42. The van der Waals surface area contributed by atoms with Crippen LogP contribution in [0.5, 0.6) is 5.75 Å². The zero-order valence-corrected chi connectivity index (χ0v) is 8.76. The number of aromatic hydroxyl groups is 1. The molecular weight excluding hydrogens is 188 g/mol. The van der Waals surface area contributed by atoms with E-state index in [1.54, 1.807) is 12.1 Å². The second-order valence-corrected chi connectivity index (χ2v) is 3.85. The summed E-state index contributed by atoms with van der Waals surface area (Å²) in [5, 5.41) is 15.8. The highest BCUT2D eigenvalue weighted by Gasteiger charge is 2.05. The fraction of sp³-hybridized carbons (Fsp3) is 0.417. The van der Waals surface area contributed by atoms with Gasteiger partial charge in [-0.15, -0.1) is 0 Å². The Hall–Kier alpha value is -1.51. The first kappa shape index (κ1) is 10.0. The fourth-order valence-electron chi connectivity index (χ4n) is 1.75. The quantitative estimate of drug-likeness (QED) is 0.750. The molecule has 80 valence electrons. The average Bonchev–Trinajstić information content (AvgIpc) is 2.28. The summed E-state index contributed by atoms with van der Waals surface area (Å²) >= 11 is 0. The largest absolute Gasteiger partial charge is 0.508 e. The Balaban J connectivity index is 1.97. The van der Waals surface area contributed by atoms with Crippen molar-refractivity contribution in [3.8, 4) is 5.75 Å². The topological polar surface area (TPSA) is 35.8 Å². The lowest BCUT2D eigenvalue weighted by molar-refractivity contribution is 0.240. The summed E-state index contributed by atoms with van der Waals surface area (Å²) in [4.78, 5) is 0. The van der Waals surface area contributed by atoms with Crippen molar-refractivity contribution in [2.75, 3.05) is 13.1 Å². The van der Waals surface area contributed by atoms with E-state index in [0.29, 0.717) is 0 Å². The van der Waals surface area contributed by atoms with E-state index >= 15 is 0 Å². The minimum atomic E-state index is 0.289. The van der Waals surface area contributed by atoms with E-state index in [1.165, 1.54) is 19.3 Å². The summed E-state index contributed by atoms with van der Waals surface area (Å²) in [5.74, 6) is 0.289. The van der Waals surface area contributed by atoms with Gasteiger partial charge in [-0.2, -0.15) is 5.10 Å². The molecule has 0 amide bonds. The average molecular weight is 204 g/mol. The molecule has 0 unspecified atom stereocenters. The van der Waals surface area contributed by atoms with E-state index in [9.17, 15) is 5.11 Å². The molecule has 1 aromatic carbocycles. The van der Waals surface area contributed by atoms with Gasteiger partial charge in [-0.1, -0.05) is 12.1 Å². The molecule has 1 N–H and O–H groups in total. The molecule has 0 aromatic heterocycles. The highest BCUT2D eigenvalue weighted by atomic mass is 16.3. The maximum Gasteiger partial charge on any atom is 0.116 e. The molecule has 3 nitrogen and oxygen atoms in total. The number of piperidine rings is 1. The van der Waals surface area contributed by atoms with Gasteiger partial charge in [-0.25, -0.2) is 0 Å². The zero-order valence-electron chi connectivity index (χ0n) is 8.76. The van der Waals surface area contributed by atoms with E-state index in [0.717, 1.165) is 18.7 Å². The molecule has 1 aliphatic rings. The molecule has 15 heavy (non-hydrogen) atoms. The van der Waals surface area contributed by atoms with Gasteiger partial charge in [0.1, 0.15) is 5.75 Å². The van der Waals surface area contributed by atoms with Gasteiger partial charge < -0.3 is 5.11 Å². The molecule has 0 bridgehead atoms. The third-order valence-corrected chi connectivity index (χ3v) is 2.57. The van der Waals surface area contributed by atoms with Crippen LogP contribution in [0.15, 0.2) is 29.4 Å². The number of hydrogen-bond acceptors (Lipinski definition) is 3. The summed E-state index contributed by atoms with van der Waals surface area (Å²) in [6.45, 7) is 2.10. The summed E-state index contributed by atoms with van der Waals surface area (Å²) < 4.78 is 0. The number of hydrazone groups is 1. The molecule has 1 aliphatic heterocycles. The maximum absolute atomic E-state index is 9.27. The highest BCUT2D eigenvalue weighted by molar-refractivity contribution is 5.79. The Morgan fingerprint density at radius 1 is 1.20 bits per heavy atom. The molecule has 3 heteroatoms. The van der Waals surface area contributed by atoms with Gasteiger partial charge in [0.05, 0.1) is 6.21 Å². The molecule has 1 saturated heterocycles. The standard InChI is InChI=1S/C12H16N2O/c15-12-6-4-5-11(9-12)10-13-14-7-2-1-3-8-14/h4-6,9-10,15H,1-3,7-8H2. The second-order valence-electron chi connectivity index (χ2n) is 3.85. The molecule has 1 heterocycles. The number of benzene rings is 1. The molecule has 2 rings (SSSR count). The van der Waals surface area contributed by atoms with E-state index in [2.05, 4.69) is 10.1 Å². The minimum Gasteiger partial charge on any atom is -0.508 e. The van der Waals surface area contributed by atoms with E-state index in [4.69, 9.17) is 0 Å². The molecule has 0 radical (unpaired) electrons. The highest BCUT2D eigenvalue weighted by Crippen LogP contribution is 2.11. The molecule has 1 fully saturated rings. The minimum absolute atomic E-state index is 0.289. The predicted molar refractivity (Wildman–Crippen MR) is 61.1 cm³/mol. The lowest BCUT2D eigenvalue weighted by atomic mass is 10.2. The van der Waals surface area contributed by atoms with Crippen molar-refractivity contribution in [3.05, 3.63) is 29.8 Å². The molecule has 1 aromatic rings. The van der Waals surface area contributed by atoms with Crippen LogP contribution >= 0.6 is 0 Å². The monoisotopic (exact) mass is 204 g/mol. The van der Waals surface area contributed by atoms with Crippen LogP contribution in [0.2, 0.25) is 0 Å². The van der Waals surface area contributed by atoms with Gasteiger partial charge in [-0.3, -0.25) is 5.01 Å². The SMILES string of the molecule is Oc1cccc(C=NN2CCCCC2)c1. The number of hydrogen-bond donors (Lipinski definition) is 1. The predicted octanol–water partition coefficient (Wildman–Crippen LogP) is 2.21. The number of nitrogens with zero attached hydrogens (tertiary/aromatic N) is 2. The van der Waals surface area contributed by atoms with Crippen LogP contribution in [-0.4, -0.2) is 29.4 Å². The summed E-state index contributed by atoms with van der Waals surface area (Å²) in [5.41, 5.74) is 0.945. The van der Waals surface area contributed by atoms with Crippen molar-refractivity contribution in [2.24, 2.45) is 5.10 Å². The van der Waals surface area contributed by atoms with E-state index in [1.807, 2.05) is 18.3 Å². The lowest BCUT2D eigenvalue weighted by Gasteiger charge is -2.23. The Labute approximate surface area is 90.0 Å². The van der Waals surface area contributed by atoms with Gasteiger partial charge in [-0.05, 0) is 37.0 Å². The first-order valence-electron chi connectivity index (χ1n) is 5.42. The fourth-order valence-corrected chi connectivity index (χ4v) is 1.75. The van der Waals surface area contributed by atoms with Gasteiger partial charge in [0.25, 0.3) is 0 Å². The maximum atomic E-state index is 9.27. The Bertz CT molecular complexity index is 343. The van der Waals surface area contributed by atoms with E-state index in [-0.39, 0.29) is 5.75 Å². The Morgan fingerprint density at radius 3 is 2.73 bits per heavy atom. The number of rotatable bonds is 2. The molecule has 0 aliphatic carbocycles. The Kier molecular flexibility index (Phi) is 3.22. The van der Waals surface area contributed by atoms with Crippen molar-refractivity contribution in [1.82, 2.24) is 5.01 Å². The van der Waals surface area contributed by atoms with E-state index < -0.39 is 0 Å². The van der Waals surface area contributed by atoms with Crippen molar-refractivity contribution >= 4 is 6.21 Å². The van der Waals surface area contributed by atoms with Crippen LogP contribution in [0.25, 0.3) is 0 Å². The molecular formula is C12H16N2O. The van der Waals surface area contributed by atoms with Crippen LogP contribution in [0.1, 0.15) is 24.8 Å². The van der Waals surface area contributed by atoms with Crippen LogP contribution in [0.4, 0.5) is 0 Å². The summed E-state index contributed by atoms with van der Waals surface area (Å²) in [7, 11) is 0. The van der Waals surface area contributed by atoms with Crippen molar-refractivity contribution < 1.29 is 5.11 Å². The van der Waals surface area contributed by atoms with Crippen molar-refractivity contribution in [2.45, 2.75) is 19.3 Å². The zero-order chi connectivity index (χ0) is 10.5. The number of phenolic OH excluding ortho intramolecular Hbond substituents is 1. The Morgan fingerprint density at radius 2 is 2.00 bits per heavy atom. The van der Waals surface area contributed by atoms with Gasteiger partial charge >= 0.3 is 0 Å². The van der Waals surface area contributed by atoms with Crippen molar-refractivity contribution in [1.29, 1.82) is 0 Å².